The van der Waals surface area contributed by atoms with Crippen LogP contribution in [0.5, 0.6) is 11.5 Å². The van der Waals surface area contributed by atoms with Gasteiger partial charge in [0.15, 0.2) is 11.5 Å². The highest BCUT2D eigenvalue weighted by atomic mass is 32.1. The largest absolute Gasteiger partial charge is 0.493 e. The van der Waals surface area contributed by atoms with E-state index in [0.29, 0.717) is 18.0 Å². The summed E-state index contributed by atoms with van der Waals surface area (Å²) in [6.45, 7) is 1.59. The molecule has 1 N–H and O–H groups in total. The molecule has 102 valence electrons. The molecule has 4 nitrogen and oxygen atoms in total. The Morgan fingerprint density at radius 1 is 1.26 bits per heavy atom. The minimum absolute atomic E-state index is 0.672. The van der Waals surface area contributed by atoms with E-state index in [9.17, 15) is 0 Å². The molecule has 2 heterocycles. The Hall–Kier alpha value is -1.59. The number of pyridine rings is 1. The SMILES string of the molecule is COc1ccnc(CNCCc2cccs2)c1OC. The normalized spacial score (nSPS) is 10.4. The maximum absolute atomic E-state index is 5.34. The van der Waals surface area contributed by atoms with Crippen molar-refractivity contribution in [2.45, 2.75) is 13.0 Å². The molecule has 0 fully saturated rings. The average Bonchev–Trinajstić information content (AvgIpc) is 2.96. The summed E-state index contributed by atoms with van der Waals surface area (Å²) >= 11 is 1.78. The van der Waals surface area contributed by atoms with Crippen molar-refractivity contribution >= 4 is 11.3 Å². The van der Waals surface area contributed by atoms with Crippen molar-refractivity contribution in [3.8, 4) is 11.5 Å². The summed E-state index contributed by atoms with van der Waals surface area (Å²) in [5.41, 5.74) is 0.869. The van der Waals surface area contributed by atoms with Crippen LogP contribution in [0.3, 0.4) is 0 Å². The summed E-state index contributed by atoms with van der Waals surface area (Å²) in [6, 6.07) is 6.03. The van der Waals surface area contributed by atoms with Crippen LogP contribution in [0.25, 0.3) is 0 Å². The van der Waals surface area contributed by atoms with Gasteiger partial charge in [0.2, 0.25) is 0 Å². The summed E-state index contributed by atoms with van der Waals surface area (Å²) in [4.78, 5) is 5.71. The number of nitrogens with one attached hydrogen (secondary N) is 1. The first-order valence-corrected chi connectivity index (χ1v) is 7.02. The quantitative estimate of drug-likeness (QED) is 0.790. The lowest BCUT2D eigenvalue weighted by Gasteiger charge is -2.11. The van der Waals surface area contributed by atoms with Crippen LogP contribution in [0.2, 0.25) is 0 Å². The molecule has 0 radical (unpaired) electrons. The maximum atomic E-state index is 5.34. The molecule has 19 heavy (non-hydrogen) atoms. The Morgan fingerprint density at radius 2 is 2.16 bits per heavy atom. The van der Waals surface area contributed by atoms with Gasteiger partial charge in [-0.3, -0.25) is 4.98 Å². The van der Waals surface area contributed by atoms with Gasteiger partial charge in [0.05, 0.1) is 19.9 Å². The zero-order chi connectivity index (χ0) is 13.5. The van der Waals surface area contributed by atoms with Crippen LogP contribution in [0.1, 0.15) is 10.6 Å². The van der Waals surface area contributed by atoms with E-state index in [2.05, 4.69) is 27.8 Å². The van der Waals surface area contributed by atoms with E-state index in [1.807, 2.05) is 0 Å². The lowest BCUT2D eigenvalue weighted by molar-refractivity contribution is 0.348. The van der Waals surface area contributed by atoms with Gasteiger partial charge in [0.25, 0.3) is 0 Å². The van der Waals surface area contributed by atoms with E-state index in [4.69, 9.17) is 9.47 Å². The first-order chi connectivity index (χ1) is 9.35. The molecule has 0 unspecified atom stereocenters. The lowest BCUT2D eigenvalue weighted by Crippen LogP contribution is -2.17. The molecule has 0 aliphatic carbocycles. The van der Waals surface area contributed by atoms with Crippen LogP contribution in [-0.4, -0.2) is 25.7 Å². The van der Waals surface area contributed by atoms with Crippen LogP contribution < -0.4 is 14.8 Å². The highest BCUT2D eigenvalue weighted by Crippen LogP contribution is 2.28. The maximum Gasteiger partial charge on any atom is 0.183 e. The van der Waals surface area contributed by atoms with Crippen LogP contribution in [0.15, 0.2) is 29.8 Å². The smallest absolute Gasteiger partial charge is 0.183 e. The molecule has 0 saturated carbocycles. The molecular weight excluding hydrogens is 260 g/mol. The Morgan fingerprint density at radius 3 is 2.84 bits per heavy atom. The van der Waals surface area contributed by atoms with Gasteiger partial charge < -0.3 is 14.8 Å². The minimum Gasteiger partial charge on any atom is -0.493 e. The fourth-order valence-corrected chi connectivity index (χ4v) is 2.56. The van der Waals surface area contributed by atoms with Gasteiger partial charge in [-0.2, -0.15) is 0 Å². The van der Waals surface area contributed by atoms with Crippen LogP contribution in [0, 0.1) is 0 Å². The Balaban J connectivity index is 1.88. The van der Waals surface area contributed by atoms with Crippen molar-refractivity contribution in [3.63, 3.8) is 0 Å². The minimum atomic E-state index is 0.672. The monoisotopic (exact) mass is 278 g/mol. The second kappa shape index (κ2) is 7.11. The molecule has 0 amide bonds. The molecule has 2 aromatic heterocycles. The van der Waals surface area contributed by atoms with Gasteiger partial charge in [-0.05, 0) is 17.9 Å². The highest BCUT2D eigenvalue weighted by Gasteiger charge is 2.10. The molecule has 5 heteroatoms. The molecule has 0 atom stereocenters. The van der Waals surface area contributed by atoms with Gasteiger partial charge >= 0.3 is 0 Å². The average molecular weight is 278 g/mol. The zero-order valence-corrected chi connectivity index (χ0v) is 12.0. The predicted octanol–water partition coefficient (Wildman–Crippen LogP) is 2.49. The fraction of sp³-hybridized carbons (Fsp3) is 0.357. The number of thiophene rings is 1. The predicted molar refractivity (Wildman–Crippen MR) is 77.1 cm³/mol. The lowest BCUT2D eigenvalue weighted by atomic mass is 10.3. The second-order valence-corrected chi connectivity index (χ2v) is 5.03. The number of rotatable bonds is 7. The number of methoxy groups -OCH3 is 2. The number of nitrogens with zero attached hydrogens (tertiary/aromatic N) is 1. The van der Waals surface area contributed by atoms with E-state index < -0.39 is 0 Å². The van der Waals surface area contributed by atoms with Gasteiger partial charge in [-0.15, -0.1) is 11.3 Å². The number of hydrogen-bond acceptors (Lipinski definition) is 5. The third kappa shape index (κ3) is 3.68. The summed E-state index contributed by atoms with van der Waals surface area (Å²) in [5, 5.41) is 5.47. The van der Waals surface area contributed by atoms with E-state index >= 15 is 0 Å². The molecular formula is C14H18N2O2S. The van der Waals surface area contributed by atoms with Gasteiger partial charge in [0, 0.05) is 30.2 Å². The Labute approximate surface area is 117 Å². The van der Waals surface area contributed by atoms with Crippen LogP contribution in [-0.2, 0) is 13.0 Å². The molecule has 0 aliphatic rings. The van der Waals surface area contributed by atoms with Gasteiger partial charge in [-0.25, -0.2) is 0 Å². The second-order valence-electron chi connectivity index (χ2n) is 4.00. The van der Waals surface area contributed by atoms with Crippen molar-refractivity contribution in [3.05, 3.63) is 40.3 Å². The van der Waals surface area contributed by atoms with Crippen molar-refractivity contribution in [2.75, 3.05) is 20.8 Å². The van der Waals surface area contributed by atoms with Crippen molar-refractivity contribution in [1.29, 1.82) is 0 Å². The van der Waals surface area contributed by atoms with E-state index in [1.165, 1.54) is 4.88 Å². The third-order valence-corrected chi connectivity index (χ3v) is 3.72. The number of aromatic nitrogens is 1. The third-order valence-electron chi connectivity index (χ3n) is 2.79. The van der Waals surface area contributed by atoms with Gasteiger partial charge in [-0.1, -0.05) is 6.07 Å². The Kier molecular flexibility index (Phi) is 5.18. The standard InChI is InChI=1S/C14H18N2O2S/c1-17-13-6-8-16-12(14(13)18-2)10-15-7-5-11-4-3-9-19-11/h3-4,6,8-9,15H,5,7,10H2,1-2H3. The molecule has 0 aliphatic heterocycles. The summed E-state index contributed by atoms with van der Waals surface area (Å²) in [5.74, 6) is 1.42. The van der Waals surface area contributed by atoms with Crippen LogP contribution in [0.4, 0.5) is 0 Å². The first kappa shape index (κ1) is 13.8. The molecule has 0 spiro atoms. The molecule has 0 aromatic carbocycles. The van der Waals surface area contributed by atoms with Crippen molar-refractivity contribution < 1.29 is 9.47 Å². The molecule has 2 rings (SSSR count). The van der Waals surface area contributed by atoms with Crippen LogP contribution >= 0.6 is 11.3 Å². The summed E-state index contributed by atoms with van der Waals surface area (Å²) in [6.07, 6.45) is 2.77. The van der Waals surface area contributed by atoms with E-state index in [0.717, 1.165) is 18.7 Å². The Bertz CT molecular complexity index is 500. The summed E-state index contributed by atoms with van der Waals surface area (Å²) in [7, 11) is 3.26. The fourth-order valence-electron chi connectivity index (χ4n) is 1.85. The molecule has 0 bridgehead atoms. The van der Waals surface area contributed by atoms with Gasteiger partial charge in [0.1, 0.15) is 0 Å². The summed E-state index contributed by atoms with van der Waals surface area (Å²) < 4.78 is 10.6. The highest BCUT2D eigenvalue weighted by molar-refractivity contribution is 7.09. The molecule has 2 aromatic rings. The first-order valence-electron chi connectivity index (χ1n) is 6.14. The number of hydrogen-bond donors (Lipinski definition) is 1. The van der Waals surface area contributed by atoms with Crippen molar-refractivity contribution in [2.24, 2.45) is 0 Å². The van der Waals surface area contributed by atoms with E-state index in [-0.39, 0.29) is 0 Å². The molecule has 0 saturated heterocycles. The van der Waals surface area contributed by atoms with Crippen molar-refractivity contribution in [1.82, 2.24) is 10.3 Å². The number of ether oxygens (including phenoxy) is 2. The topological polar surface area (TPSA) is 43.4 Å². The zero-order valence-electron chi connectivity index (χ0n) is 11.2. The van der Waals surface area contributed by atoms with E-state index in [1.54, 1.807) is 37.8 Å².